The van der Waals surface area contributed by atoms with Gasteiger partial charge < -0.3 is 16.0 Å². The average molecular weight is 251 g/mol. The molecule has 1 aromatic heterocycles. The topological polar surface area (TPSA) is 76.2 Å². The Bertz CT molecular complexity index is 409. The SMILES string of the molecule is CCn1ncc(N)c1C(=O)NCCN1CCCC1. The molecule has 0 aromatic carbocycles. The Kier molecular flexibility index (Phi) is 4.19. The molecule has 2 rings (SSSR count). The van der Waals surface area contributed by atoms with Crippen molar-refractivity contribution in [3.05, 3.63) is 11.9 Å². The first kappa shape index (κ1) is 12.9. The lowest BCUT2D eigenvalue weighted by molar-refractivity contribution is 0.0940. The number of nitrogens with two attached hydrogens (primary N) is 1. The summed E-state index contributed by atoms with van der Waals surface area (Å²) in [5.41, 5.74) is 6.67. The van der Waals surface area contributed by atoms with E-state index in [2.05, 4.69) is 15.3 Å². The van der Waals surface area contributed by atoms with E-state index in [4.69, 9.17) is 5.73 Å². The Morgan fingerprint density at radius 1 is 1.50 bits per heavy atom. The highest BCUT2D eigenvalue weighted by molar-refractivity contribution is 5.97. The van der Waals surface area contributed by atoms with E-state index in [-0.39, 0.29) is 5.91 Å². The molecule has 2 heterocycles. The second-order valence-electron chi connectivity index (χ2n) is 4.57. The number of nitrogens with one attached hydrogen (secondary N) is 1. The van der Waals surface area contributed by atoms with Gasteiger partial charge in [-0.05, 0) is 32.9 Å². The molecule has 1 aromatic rings. The van der Waals surface area contributed by atoms with E-state index in [9.17, 15) is 4.79 Å². The van der Waals surface area contributed by atoms with Crippen molar-refractivity contribution < 1.29 is 4.79 Å². The summed E-state index contributed by atoms with van der Waals surface area (Å²) in [7, 11) is 0. The van der Waals surface area contributed by atoms with Gasteiger partial charge in [0.2, 0.25) is 0 Å². The first-order chi connectivity index (χ1) is 8.72. The highest BCUT2D eigenvalue weighted by Crippen LogP contribution is 2.10. The molecule has 18 heavy (non-hydrogen) atoms. The Hall–Kier alpha value is -1.56. The molecule has 0 unspecified atom stereocenters. The number of aryl methyl sites for hydroxylation is 1. The van der Waals surface area contributed by atoms with Gasteiger partial charge in [0.1, 0.15) is 5.69 Å². The number of nitrogens with zero attached hydrogens (tertiary/aromatic N) is 3. The van der Waals surface area contributed by atoms with Crippen molar-refractivity contribution >= 4 is 11.6 Å². The first-order valence-corrected chi connectivity index (χ1v) is 6.54. The highest BCUT2D eigenvalue weighted by Gasteiger charge is 2.16. The molecular formula is C12H21N5O. The lowest BCUT2D eigenvalue weighted by Crippen LogP contribution is -2.34. The number of hydrogen-bond acceptors (Lipinski definition) is 4. The average Bonchev–Trinajstić information content (AvgIpc) is 2.98. The smallest absolute Gasteiger partial charge is 0.271 e. The normalized spacial score (nSPS) is 16.1. The molecule has 1 saturated heterocycles. The number of aromatic nitrogens is 2. The molecule has 1 aliphatic heterocycles. The monoisotopic (exact) mass is 251 g/mol. The van der Waals surface area contributed by atoms with E-state index >= 15 is 0 Å². The minimum atomic E-state index is -0.133. The van der Waals surface area contributed by atoms with Crippen molar-refractivity contribution in [2.24, 2.45) is 0 Å². The molecular weight excluding hydrogens is 230 g/mol. The standard InChI is InChI=1S/C12H21N5O/c1-2-17-11(10(13)9-15-17)12(18)14-5-8-16-6-3-4-7-16/h9H,2-8,13H2,1H3,(H,14,18). The van der Waals surface area contributed by atoms with E-state index in [0.29, 0.717) is 24.5 Å². The minimum Gasteiger partial charge on any atom is -0.396 e. The molecule has 0 radical (unpaired) electrons. The van der Waals surface area contributed by atoms with E-state index in [0.717, 1.165) is 19.6 Å². The van der Waals surface area contributed by atoms with Gasteiger partial charge in [-0.2, -0.15) is 5.10 Å². The van der Waals surface area contributed by atoms with Crippen LogP contribution in [-0.2, 0) is 6.54 Å². The van der Waals surface area contributed by atoms with Crippen LogP contribution in [0.3, 0.4) is 0 Å². The van der Waals surface area contributed by atoms with E-state index in [1.807, 2.05) is 6.92 Å². The maximum atomic E-state index is 12.0. The zero-order valence-electron chi connectivity index (χ0n) is 10.9. The number of rotatable bonds is 5. The molecule has 100 valence electrons. The van der Waals surface area contributed by atoms with Gasteiger partial charge in [-0.1, -0.05) is 0 Å². The van der Waals surface area contributed by atoms with Gasteiger partial charge in [0.25, 0.3) is 5.91 Å². The lowest BCUT2D eigenvalue weighted by Gasteiger charge is -2.15. The number of carbonyl (C=O) groups excluding carboxylic acids is 1. The third kappa shape index (κ3) is 2.81. The zero-order valence-corrected chi connectivity index (χ0v) is 10.9. The van der Waals surface area contributed by atoms with E-state index in [1.54, 1.807) is 4.68 Å². The third-order valence-corrected chi connectivity index (χ3v) is 3.29. The summed E-state index contributed by atoms with van der Waals surface area (Å²) < 4.78 is 1.63. The lowest BCUT2D eigenvalue weighted by atomic mass is 10.3. The Morgan fingerprint density at radius 3 is 2.89 bits per heavy atom. The number of anilines is 1. The van der Waals surface area contributed by atoms with Crippen LogP contribution in [0.4, 0.5) is 5.69 Å². The number of carbonyl (C=O) groups is 1. The number of nitrogen functional groups attached to an aromatic ring is 1. The molecule has 0 atom stereocenters. The minimum absolute atomic E-state index is 0.133. The maximum Gasteiger partial charge on any atom is 0.271 e. The van der Waals surface area contributed by atoms with Crippen LogP contribution in [0.1, 0.15) is 30.3 Å². The van der Waals surface area contributed by atoms with Gasteiger partial charge in [-0.15, -0.1) is 0 Å². The molecule has 1 amide bonds. The van der Waals surface area contributed by atoms with Gasteiger partial charge in [0, 0.05) is 19.6 Å². The second-order valence-corrected chi connectivity index (χ2v) is 4.57. The van der Waals surface area contributed by atoms with E-state index < -0.39 is 0 Å². The number of amides is 1. The van der Waals surface area contributed by atoms with Crippen molar-refractivity contribution in [2.45, 2.75) is 26.3 Å². The van der Waals surface area contributed by atoms with Crippen LogP contribution in [0, 0.1) is 0 Å². The largest absolute Gasteiger partial charge is 0.396 e. The zero-order chi connectivity index (χ0) is 13.0. The summed E-state index contributed by atoms with van der Waals surface area (Å²) in [4.78, 5) is 14.4. The van der Waals surface area contributed by atoms with Crippen LogP contribution in [0.2, 0.25) is 0 Å². The summed E-state index contributed by atoms with van der Waals surface area (Å²) in [6, 6.07) is 0. The van der Waals surface area contributed by atoms with Gasteiger partial charge >= 0.3 is 0 Å². The predicted octanol–water partition coefficient (Wildman–Crippen LogP) is 0.311. The molecule has 3 N–H and O–H groups in total. The maximum absolute atomic E-state index is 12.0. The predicted molar refractivity (Wildman–Crippen MR) is 70.3 cm³/mol. The summed E-state index contributed by atoms with van der Waals surface area (Å²) in [6.07, 6.45) is 4.06. The summed E-state index contributed by atoms with van der Waals surface area (Å²) in [5, 5.41) is 6.97. The molecule has 1 aliphatic rings. The molecule has 1 fully saturated rings. The quantitative estimate of drug-likeness (QED) is 0.789. The second kappa shape index (κ2) is 5.86. The fourth-order valence-corrected chi connectivity index (χ4v) is 2.31. The molecule has 6 heteroatoms. The fraction of sp³-hybridized carbons (Fsp3) is 0.667. The van der Waals surface area contributed by atoms with Gasteiger partial charge in [-0.3, -0.25) is 9.48 Å². The van der Waals surface area contributed by atoms with Crippen molar-refractivity contribution in [3.8, 4) is 0 Å². The first-order valence-electron chi connectivity index (χ1n) is 6.54. The van der Waals surface area contributed by atoms with Crippen molar-refractivity contribution in [2.75, 3.05) is 31.9 Å². The molecule has 0 aliphatic carbocycles. The van der Waals surface area contributed by atoms with Crippen molar-refractivity contribution in [1.29, 1.82) is 0 Å². The van der Waals surface area contributed by atoms with Gasteiger partial charge in [-0.25, -0.2) is 0 Å². The molecule has 0 saturated carbocycles. The number of hydrogen-bond donors (Lipinski definition) is 2. The molecule has 0 spiro atoms. The Labute approximate surface area is 107 Å². The van der Waals surface area contributed by atoms with Crippen LogP contribution in [-0.4, -0.2) is 46.8 Å². The Balaban J connectivity index is 1.85. The van der Waals surface area contributed by atoms with Crippen LogP contribution in [0.5, 0.6) is 0 Å². The van der Waals surface area contributed by atoms with Gasteiger partial charge in [0.15, 0.2) is 0 Å². The fourth-order valence-electron chi connectivity index (χ4n) is 2.31. The van der Waals surface area contributed by atoms with Crippen LogP contribution in [0.25, 0.3) is 0 Å². The summed E-state index contributed by atoms with van der Waals surface area (Å²) >= 11 is 0. The van der Waals surface area contributed by atoms with Crippen molar-refractivity contribution in [1.82, 2.24) is 20.0 Å². The van der Waals surface area contributed by atoms with Gasteiger partial charge in [0.05, 0.1) is 11.9 Å². The third-order valence-electron chi connectivity index (χ3n) is 3.29. The molecule has 6 nitrogen and oxygen atoms in total. The van der Waals surface area contributed by atoms with E-state index in [1.165, 1.54) is 19.0 Å². The molecule has 0 bridgehead atoms. The van der Waals surface area contributed by atoms with Crippen LogP contribution >= 0.6 is 0 Å². The summed E-state index contributed by atoms with van der Waals surface area (Å²) in [6.45, 7) is 6.44. The summed E-state index contributed by atoms with van der Waals surface area (Å²) in [5.74, 6) is -0.133. The number of likely N-dealkylation sites (tertiary alicyclic amines) is 1. The van der Waals surface area contributed by atoms with Crippen molar-refractivity contribution in [3.63, 3.8) is 0 Å². The van der Waals surface area contributed by atoms with Crippen LogP contribution < -0.4 is 11.1 Å². The van der Waals surface area contributed by atoms with Crippen LogP contribution in [0.15, 0.2) is 6.20 Å². The highest BCUT2D eigenvalue weighted by atomic mass is 16.2. The Morgan fingerprint density at radius 2 is 2.22 bits per heavy atom.